The van der Waals surface area contributed by atoms with Crippen molar-refractivity contribution in [2.75, 3.05) is 26.2 Å². The number of halogens is 2. The first-order valence-corrected chi connectivity index (χ1v) is 11.5. The fourth-order valence-electron chi connectivity index (χ4n) is 3.95. The van der Waals surface area contributed by atoms with Gasteiger partial charge in [-0.2, -0.15) is 0 Å². The van der Waals surface area contributed by atoms with Crippen LogP contribution in [0.5, 0.6) is 0 Å². The molecule has 0 unspecified atom stereocenters. The molecule has 1 fully saturated rings. The van der Waals surface area contributed by atoms with Crippen molar-refractivity contribution in [1.29, 1.82) is 0 Å². The Labute approximate surface area is 199 Å². The summed E-state index contributed by atoms with van der Waals surface area (Å²) in [5, 5.41) is 1.34. The number of benzene rings is 2. The number of hydrogen-bond acceptors (Lipinski definition) is 3. The van der Waals surface area contributed by atoms with Gasteiger partial charge < -0.3 is 9.80 Å². The van der Waals surface area contributed by atoms with E-state index in [1.165, 1.54) is 5.56 Å². The molecule has 4 rings (SSSR count). The lowest BCUT2D eigenvalue weighted by atomic mass is 10.1. The van der Waals surface area contributed by atoms with Gasteiger partial charge in [0.15, 0.2) is 0 Å². The van der Waals surface area contributed by atoms with Crippen LogP contribution in [0.3, 0.4) is 0 Å². The topological polar surface area (TPSA) is 39.7 Å². The maximum atomic E-state index is 13.5. The van der Waals surface area contributed by atoms with Gasteiger partial charge in [-0.1, -0.05) is 53.5 Å². The molecule has 0 aliphatic carbocycles. The highest BCUT2D eigenvalue weighted by Crippen LogP contribution is 2.19. The third-order valence-electron chi connectivity index (χ3n) is 5.57. The molecule has 0 N–H and O–H groups in total. The lowest BCUT2D eigenvalue weighted by Crippen LogP contribution is -2.52. The summed E-state index contributed by atoms with van der Waals surface area (Å²) in [5.41, 5.74) is 3.20. The molecule has 0 atom stereocenters. The van der Waals surface area contributed by atoms with Gasteiger partial charge in [-0.3, -0.25) is 9.88 Å². The van der Waals surface area contributed by atoms with E-state index in [2.05, 4.69) is 16.0 Å². The molecule has 1 aliphatic rings. The van der Waals surface area contributed by atoms with Gasteiger partial charge in [-0.15, -0.1) is 0 Å². The van der Waals surface area contributed by atoms with E-state index in [9.17, 15) is 4.79 Å². The number of aromatic nitrogens is 1. The van der Waals surface area contributed by atoms with Crippen LogP contribution in [-0.4, -0.2) is 51.9 Å². The molecule has 0 bridgehead atoms. The lowest BCUT2D eigenvalue weighted by molar-refractivity contribution is 0.106. The summed E-state index contributed by atoms with van der Waals surface area (Å²) in [6.45, 7) is 4.89. The van der Waals surface area contributed by atoms with Crippen LogP contribution in [0.1, 0.15) is 16.7 Å². The highest BCUT2D eigenvalue weighted by Gasteiger charge is 2.26. The van der Waals surface area contributed by atoms with Crippen molar-refractivity contribution in [3.8, 4) is 0 Å². The SMILES string of the molecule is O=C(N1CCN(Cc2cccnc2)CC1)N(Cc1cccc(Cl)c1)Cc1cccc(Cl)c1. The molecule has 0 saturated carbocycles. The van der Waals surface area contributed by atoms with Crippen LogP contribution >= 0.6 is 23.2 Å². The van der Waals surface area contributed by atoms with Gasteiger partial charge in [0.05, 0.1) is 0 Å². The minimum Gasteiger partial charge on any atom is -0.322 e. The molecular weight excluding hydrogens is 443 g/mol. The normalized spacial score (nSPS) is 14.4. The number of nitrogens with zero attached hydrogens (tertiary/aromatic N) is 4. The van der Waals surface area contributed by atoms with Gasteiger partial charge in [0.1, 0.15) is 0 Å². The number of piperazine rings is 1. The summed E-state index contributed by atoms with van der Waals surface area (Å²) in [6, 6.07) is 19.4. The van der Waals surface area contributed by atoms with E-state index < -0.39 is 0 Å². The highest BCUT2D eigenvalue weighted by atomic mass is 35.5. The van der Waals surface area contributed by atoms with Crippen molar-refractivity contribution in [2.45, 2.75) is 19.6 Å². The predicted molar refractivity (Wildman–Crippen MR) is 129 cm³/mol. The zero-order valence-corrected chi connectivity index (χ0v) is 19.3. The Balaban J connectivity index is 1.43. The number of carbonyl (C=O) groups excluding carboxylic acids is 1. The second kappa shape index (κ2) is 10.8. The molecule has 2 aromatic carbocycles. The van der Waals surface area contributed by atoms with E-state index in [1.807, 2.05) is 70.6 Å². The van der Waals surface area contributed by atoms with E-state index in [0.29, 0.717) is 36.2 Å². The fourth-order valence-corrected chi connectivity index (χ4v) is 4.38. The maximum absolute atomic E-state index is 13.5. The standard InChI is InChI=1S/C25H26Cl2N4O/c26-23-7-1-4-20(14-23)18-31(19-21-5-2-8-24(27)15-21)25(32)30-12-10-29(11-13-30)17-22-6-3-9-28-16-22/h1-9,14-16H,10-13,17-19H2. The zero-order chi connectivity index (χ0) is 22.3. The molecule has 0 radical (unpaired) electrons. The average Bonchev–Trinajstić information content (AvgIpc) is 2.79. The van der Waals surface area contributed by atoms with Gasteiger partial charge in [-0.25, -0.2) is 4.79 Å². The van der Waals surface area contributed by atoms with E-state index in [0.717, 1.165) is 30.8 Å². The number of rotatable bonds is 6. The Bertz CT molecular complexity index is 991. The number of pyridine rings is 1. The maximum Gasteiger partial charge on any atom is 0.320 e. The second-order valence-corrected chi connectivity index (χ2v) is 8.90. The van der Waals surface area contributed by atoms with Gasteiger partial charge >= 0.3 is 6.03 Å². The number of hydrogen-bond donors (Lipinski definition) is 0. The summed E-state index contributed by atoms with van der Waals surface area (Å²) in [7, 11) is 0. The molecule has 166 valence electrons. The third-order valence-corrected chi connectivity index (χ3v) is 6.04. The smallest absolute Gasteiger partial charge is 0.320 e. The Kier molecular flexibility index (Phi) is 7.63. The molecule has 2 amide bonds. The minimum absolute atomic E-state index is 0.0333. The molecule has 1 saturated heterocycles. The van der Waals surface area contributed by atoms with Gasteiger partial charge in [0.2, 0.25) is 0 Å². The largest absolute Gasteiger partial charge is 0.322 e. The summed E-state index contributed by atoms with van der Waals surface area (Å²) in [6.07, 6.45) is 3.68. The summed E-state index contributed by atoms with van der Waals surface area (Å²) >= 11 is 12.4. The lowest BCUT2D eigenvalue weighted by Gasteiger charge is -2.37. The average molecular weight is 469 g/mol. The molecule has 32 heavy (non-hydrogen) atoms. The molecule has 3 aromatic rings. The van der Waals surface area contributed by atoms with Gasteiger partial charge in [-0.05, 0) is 47.0 Å². The van der Waals surface area contributed by atoms with Crippen molar-refractivity contribution in [3.63, 3.8) is 0 Å². The van der Waals surface area contributed by atoms with Crippen LogP contribution in [0.4, 0.5) is 4.79 Å². The van der Waals surface area contributed by atoms with Crippen molar-refractivity contribution < 1.29 is 4.79 Å². The number of urea groups is 1. The molecule has 7 heteroatoms. The molecular formula is C25H26Cl2N4O. The van der Waals surface area contributed by atoms with Crippen LogP contribution in [0, 0.1) is 0 Å². The molecule has 5 nitrogen and oxygen atoms in total. The summed E-state index contributed by atoms with van der Waals surface area (Å²) in [5.74, 6) is 0. The molecule has 1 aliphatic heterocycles. The Morgan fingerprint density at radius 3 is 1.97 bits per heavy atom. The Morgan fingerprint density at radius 2 is 1.44 bits per heavy atom. The van der Waals surface area contributed by atoms with Crippen molar-refractivity contribution in [1.82, 2.24) is 19.7 Å². The van der Waals surface area contributed by atoms with Crippen LogP contribution in [0.25, 0.3) is 0 Å². The first kappa shape index (κ1) is 22.6. The van der Waals surface area contributed by atoms with Crippen molar-refractivity contribution in [2.24, 2.45) is 0 Å². The van der Waals surface area contributed by atoms with E-state index in [-0.39, 0.29) is 6.03 Å². The van der Waals surface area contributed by atoms with Crippen LogP contribution in [-0.2, 0) is 19.6 Å². The van der Waals surface area contributed by atoms with Crippen molar-refractivity contribution in [3.05, 3.63) is 99.8 Å². The molecule has 0 spiro atoms. The van der Waals surface area contributed by atoms with Gasteiger partial charge in [0, 0.05) is 68.3 Å². The first-order chi connectivity index (χ1) is 15.6. The zero-order valence-electron chi connectivity index (χ0n) is 17.8. The molecule has 1 aromatic heterocycles. The quantitative estimate of drug-likeness (QED) is 0.490. The van der Waals surface area contributed by atoms with Crippen LogP contribution < -0.4 is 0 Å². The van der Waals surface area contributed by atoms with Gasteiger partial charge in [0.25, 0.3) is 0 Å². The van der Waals surface area contributed by atoms with Crippen LogP contribution in [0.2, 0.25) is 10.0 Å². The first-order valence-electron chi connectivity index (χ1n) is 10.7. The highest BCUT2D eigenvalue weighted by molar-refractivity contribution is 6.30. The second-order valence-electron chi connectivity index (χ2n) is 8.02. The Morgan fingerprint density at radius 1 is 0.844 bits per heavy atom. The monoisotopic (exact) mass is 468 g/mol. The van der Waals surface area contributed by atoms with E-state index in [1.54, 1.807) is 6.20 Å². The van der Waals surface area contributed by atoms with E-state index in [4.69, 9.17) is 23.2 Å². The summed E-state index contributed by atoms with van der Waals surface area (Å²) in [4.78, 5) is 23.9. The number of carbonyl (C=O) groups is 1. The number of amides is 2. The molecule has 2 heterocycles. The van der Waals surface area contributed by atoms with E-state index >= 15 is 0 Å². The van der Waals surface area contributed by atoms with Crippen LogP contribution in [0.15, 0.2) is 73.1 Å². The summed E-state index contributed by atoms with van der Waals surface area (Å²) < 4.78 is 0. The fraction of sp³-hybridized carbons (Fsp3) is 0.280. The van der Waals surface area contributed by atoms with Crippen molar-refractivity contribution >= 4 is 29.2 Å². The Hall–Kier alpha value is -2.60. The minimum atomic E-state index is 0.0333. The predicted octanol–water partition coefficient (Wildman–Crippen LogP) is 5.33. The third kappa shape index (κ3) is 6.22.